The SMILES string of the molecule is CCC(NCC(C)C)C(CNc1nc2ccc(C)cc2cc1C(=O)NC(C)N)OC. The monoisotopic (exact) mass is 415 g/mol. The first-order chi connectivity index (χ1) is 14.2. The van der Waals surface area contributed by atoms with Gasteiger partial charge in [0.15, 0.2) is 0 Å². The molecule has 0 saturated carbocycles. The lowest BCUT2D eigenvalue weighted by Crippen LogP contribution is -2.45. The van der Waals surface area contributed by atoms with Gasteiger partial charge in [-0.25, -0.2) is 4.98 Å². The molecule has 1 heterocycles. The highest BCUT2D eigenvalue weighted by atomic mass is 16.5. The Morgan fingerprint density at radius 2 is 1.93 bits per heavy atom. The third-order valence-electron chi connectivity index (χ3n) is 5.02. The molecule has 30 heavy (non-hydrogen) atoms. The zero-order chi connectivity index (χ0) is 22.3. The van der Waals surface area contributed by atoms with Crippen LogP contribution in [-0.4, -0.2) is 49.4 Å². The summed E-state index contributed by atoms with van der Waals surface area (Å²) in [6, 6.07) is 8.08. The van der Waals surface area contributed by atoms with Gasteiger partial charge in [-0.3, -0.25) is 4.79 Å². The number of rotatable bonds is 11. The van der Waals surface area contributed by atoms with Crippen molar-refractivity contribution < 1.29 is 9.53 Å². The van der Waals surface area contributed by atoms with E-state index in [0.717, 1.165) is 29.4 Å². The maximum absolute atomic E-state index is 12.8. The van der Waals surface area contributed by atoms with Crippen molar-refractivity contribution in [2.45, 2.75) is 59.4 Å². The van der Waals surface area contributed by atoms with Gasteiger partial charge in [0, 0.05) is 25.1 Å². The van der Waals surface area contributed by atoms with Crippen molar-refractivity contribution >= 4 is 22.6 Å². The van der Waals surface area contributed by atoms with Crippen molar-refractivity contribution in [2.24, 2.45) is 11.7 Å². The number of hydrogen-bond donors (Lipinski definition) is 4. The first-order valence-electron chi connectivity index (χ1n) is 10.7. The fourth-order valence-electron chi connectivity index (χ4n) is 3.40. The van der Waals surface area contributed by atoms with Crippen LogP contribution >= 0.6 is 0 Å². The molecule has 0 aliphatic carbocycles. The van der Waals surface area contributed by atoms with Crippen LogP contribution in [0, 0.1) is 12.8 Å². The van der Waals surface area contributed by atoms with Crippen molar-refractivity contribution in [3.05, 3.63) is 35.4 Å². The van der Waals surface area contributed by atoms with Crippen LogP contribution < -0.4 is 21.7 Å². The number of methoxy groups -OCH3 is 1. The van der Waals surface area contributed by atoms with Crippen LogP contribution in [0.3, 0.4) is 0 Å². The van der Waals surface area contributed by atoms with Gasteiger partial charge in [-0.1, -0.05) is 32.4 Å². The molecule has 7 nitrogen and oxygen atoms in total. The Bertz CT molecular complexity index is 838. The molecule has 3 unspecified atom stereocenters. The third kappa shape index (κ3) is 6.65. The van der Waals surface area contributed by atoms with Gasteiger partial charge in [0.25, 0.3) is 5.91 Å². The lowest BCUT2D eigenvalue weighted by molar-refractivity contribution is 0.0756. The summed E-state index contributed by atoms with van der Waals surface area (Å²) < 4.78 is 5.75. The number of fused-ring (bicyclic) bond motifs is 1. The fourth-order valence-corrected chi connectivity index (χ4v) is 3.40. The number of nitrogens with two attached hydrogens (primary N) is 1. The average molecular weight is 416 g/mol. The van der Waals surface area contributed by atoms with Crippen LogP contribution in [0.25, 0.3) is 10.9 Å². The molecule has 1 aromatic heterocycles. The Hall–Kier alpha value is -2.22. The molecule has 5 N–H and O–H groups in total. The largest absolute Gasteiger partial charge is 0.378 e. The number of aromatic nitrogens is 1. The van der Waals surface area contributed by atoms with Crippen LogP contribution in [0.1, 0.15) is 50.0 Å². The molecule has 0 aliphatic heterocycles. The summed E-state index contributed by atoms with van der Waals surface area (Å²) in [5, 5.41) is 10.6. The van der Waals surface area contributed by atoms with Crippen molar-refractivity contribution in [1.82, 2.24) is 15.6 Å². The molecule has 166 valence electrons. The van der Waals surface area contributed by atoms with Gasteiger partial charge in [0.1, 0.15) is 5.82 Å². The summed E-state index contributed by atoms with van der Waals surface area (Å²) in [4.78, 5) is 17.5. The van der Waals surface area contributed by atoms with Gasteiger partial charge in [-0.2, -0.15) is 0 Å². The van der Waals surface area contributed by atoms with Crippen molar-refractivity contribution in [1.29, 1.82) is 0 Å². The minimum atomic E-state index is -0.449. The van der Waals surface area contributed by atoms with Crippen LogP contribution in [0.5, 0.6) is 0 Å². The molecule has 7 heteroatoms. The number of hydrogen-bond acceptors (Lipinski definition) is 6. The fraction of sp³-hybridized carbons (Fsp3) is 0.565. The van der Waals surface area contributed by atoms with Crippen LogP contribution in [0.15, 0.2) is 24.3 Å². The van der Waals surface area contributed by atoms with E-state index in [1.165, 1.54) is 0 Å². The van der Waals surface area contributed by atoms with Crippen molar-refractivity contribution in [2.75, 3.05) is 25.5 Å². The van der Waals surface area contributed by atoms with E-state index in [-0.39, 0.29) is 18.1 Å². The molecule has 1 aromatic carbocycles. The average Bonchev–Trinajstić information content (AvgIpc) is 2.69. The number of aryl methyl sites for hydroxylation is 1. The molecule has 1 amide bonds. The number of carbonyl (C=O) groups excluding carboxylic acids is 1. The molecule has 2 rings (SSSR count). The predicted octanol–water partition coefficient (Wildman–Crippen LogP) is 3.03. The highest BCUT2D eigenvalue weighted by molar-refractivity contribution is 6.02. The number of nitrogens with zero attached hydrogens (tertiary/aromatic N) is 1. The number of carbonyl (C=O) groups is 1. The maximum Gasteiger partial charge on any atom is 0.256 e. The van der Waals surface area contributed by atoms with E-state index >= 15 is 0 Å². The quantitative estimate of drug-likeness (QED) is 0.421. The summed E-state index contributed by atoms with van der Waals surface area (Å²) in [5.74, 6) is 0.844. The number of benzene rings is 1. The zero-order valence-corrected chi connectivity index (χ0v) is 19.1. The molecule has 0 aliphatic rings. The first-order valence-corrected chi connectivity index (χ1v) is 10.7. The van der Waals surface area contributed by atoms with E-state index in [2.05, 4.69) is 36.7 Å². The minimum absolute atomic E-state index is 0.0615. The van der Waals surface area contributed by atoms with Gasteiger partial charge in [-0.05, 0) is 50.9 Å². The van der Waals surface area contributed by atoms with E-state index in [0.29, 0.717) is 23.8 Å². The van der Waals surface area contributed by atoms with Crippen LogP contribution in [-0.2, 0) is 4.74 Å². The summed E-state index contributed by atoms with van der Waals surface area (Å²) in [7, 11) is 1.71. The van der Waals surface area contributed by atoms with E-state index < -0.39 is 6.17 Å². The molecule has 3 atom stereocenters. The second-order valence-electron chi connectivity index (χ2n) is 8.31. The summed E-state index contributed by atoms with van der Waals surface area (Å²) in [5.41, 5.74) is 8.20. The summed E-state index contributed by atoms with van der Waals surface area (Å²) in [6.45, 7) is 11.7. The smallest absolute Gasteiger partial charge is 0.256 e. The first kappa shape index (κ1) is 24.1. The molecule has 0 bridgehead atoms. The van der Waals surface area contributed by atoms with Gasteiger partial charge < -0.3 is 26.4 Å². The Kier molecular flexibility index (Phi) is 9.02. The number of anilines is 1. The van der Waals surface area contributed by atoms with Gasteiger partial charge in [0.2, 0.25) is 0 Å². The molecule has 2 aromatic rings. The highest BCUT2D eigenvalue weighted by Crippen LogP contribution is 2.22. The van der Waals surface area contributed by atoms with Crippen molar-refractivity contribution in [3.8, 4) is 0 Å². The number of amides is 1. The Morgan fingerprint density at radius 1 is 1.20 bits per heavy atom. The topological polar surface area (TPSA) is 101 Å². The Balaban J connectivity index is 2.29. The molecule has 0 saturated heterocycles. The summed E-state index contributed by atoms with van der Waals surface area (Å²) >= 11 is 0. The normalized spacial score (nSPS) is 14.5. The standard InChI is InChI=1S/C23H37N5O2/c1-7-19(25-12-14(2)3)21(30-6)13-26-22-18(23(29)27-16(5)24)11-17-10-15(4)8-9-20(17)28-22/h8-11,14,16,19,21,25H,7,12-13,24H2,1-6H3,(H,26,28)(H,27,29). The van der Waals surface area contributed by atoms with Gasteiger partial charge in [0.05, 0.1) is 23.3 Å². The lowest BCUT2D eigenvalue weighted by Gasteiger charge is -2.27. The number of pyridine rings is 1. The van der Waals surface area contributed by atoms with Crippen LogP contribution in [0.2, 0.25) is 0 Å². The molecular weight excluding hydrogens is 378 g/mol. The van der Waals surface area contributed by atoms with E-state index in [1.54, 1.807) is 14.0 Å². The molecule has 0 radical (unpaired) electrons. The predicted molar refractivity (Wildman–Crippen MR) is 124 cm³/mol. The van der Waals surface area contributed by atoms with Crippen LogP contribution in [0.4, 0.5) is 5.82 Å². The van der Waals surface area contributed by atoms with E-state index in [9.17, 15) is 4.79 Å². The van der Waals surface area contributed by atoms with Gasteiger partial charge in [-0.15, -0.1) is 0 Å². The molecule has 0 spiro atoms. The third-order valence-corrected chi connectivity index (χ3v) is 5.02. The number of nitrogens with one attached hydrogen (secondary N) is 3. The van der Waals surface area contributed by atoms with Crippen molar-refractivity contribution in [3.63, 3.8) is 0 Å². The number of ether oxygens (including phenoxy) is 1. The minimum Gasteiger partial charge on any atom is -0.378 e. The Morgan fingerprint density at radius 3 is 2.53 bits per heavy atom. The van der Waals surface area contributed by atoms with E-state index in [4.69, 9.17) is 15.5 Å². The van der Waals surface area contributed by atoms with E-state index in [1.807, 2.05) is 31.2 Å². The lowest BCUT2D eigenvalue weighted by atomic mass is 10.1. The second kappa shape index (κ2) is 11.2. The highest BCUT2D eigenvalue weighted by Gasteiger charge is 2.22. The maximum atomic E-state index is 12.8. The molecular formula is C23H37N5O2. The van der Waals surface area contributed by atoms with Gasteiger partial charge >= 0.3 is 0 Å². The Labute approximate surface area is 180 Å². The summed E-state index contributed by atoms with van der Waals surface area (Å²) in [6.07, 6.45) is 0.429. The molecule has 0 fully saturated rings. The zero-order valence-electron chi connectivity index (χ0n) is 19.1. The second-order valence-corrected chi connectivity index (χ2v) is 8.31.